The van der Waals surface area contributed by atoms with Crippen molar-refractivity contribution in [1.82, 2.24) is 15.5 Å². The quantitative estimate of drug-likeness (QED) is 0.316. The number of carbonyl (C=O) groups is 3. The third-order valence-corrected chi connectivity index (χ3v) is 5.82. The second-order valence-electron chi connectivity index (χ2n) is 9.51. The van der Waals surface area contributed by atoms with Crippen LogP contribution in [0.4, 0.5) is 4.79 Å². The standard InChI is InChI=1S/C26H43N3O5S/c1-7-9-10-15-27-23(31)22(19-12-11-13-20(30)18-19)29(16-8-2)24(32)21(14-17-35-6)28-25(33)34-26(3,4)5/h11-13,18,21-22,30H,7-10,14-17H2,1-6H3,(H,27,31)(H,28,33). The maximum Gasteiger partial charge on any atom is 0.408 e. The highest BCUT2D eigenvalue weighted by Crippen LogP contribution is 2.26. The zero-order valence-electron chi connectivity index (χ0n) is 22.1. The Kier molecular flexibility index (Phi) is 13.6. The van der Waals surface area contributed by atoms with Crippen molar-refractivity contribution in [3.63, 3.8) is 0 Å². The molecule has 3 amide bonds. The molecule has 1 aromatic rings. The monoisotopic (exact) mass is 509 g/mol. The van der Waals surface area contributed by atoms with E-state index in [4.69, 9.17) is 4.74 Å². The molecular formula is C26H43N3O5S. The third-order valence-electron chi connectivity index (χ3n) is 5.17. The van der Waals surface area contributed by atoms with E-state index >= 15 is 0 Å². The minimum absolute atomic E-state index is 0.0148. The highest BCUT2D eigenvalue weighted by molar-refractivity contribution is 7.98. The van der Waals surface area contributed by atoms with Crippen molar-refractivity contribution >= 4 is 29.7 Å². The van der Waals surface area contributed by atoms with Crippen molar-refractivity contribution in [1.29, 1.82) is 0 Å². The first kappa shape index (κ1) is 30.6. The number of unbranched alkanes of at least 4 members (excludes halogenated alkanes) is 2. The van der Waals surface area contributed by atoms with Gasteiger partial charge < -0.3 is 25.4 Å². The summed E-state index contributed by atoms with van der Waals surface area (Å²) < 4.78 is 5.38. The Hall–Kier alpha value is -2.42. The molecule has 1 rings (SSSR count). The molecule has 0 bridgehead atoms. The number of nitrogens with zero attached hydrogens (tertiary/aromatic N) is 1. The maximum absolute atomic E-state index is 13.8. The Labute approximate surface area is 214 Å². The van der Waals surface area contributed by atoms with E-state index in [0.717, 1.165) is 19.3 Å². The Morgan fingerprint density at radius 2 is 1.86 bits per heavy atom. The van der Waals surface area contributed by atoms with Gasteiger partial charge in [-0.1, -0.05) is 38.8 Å². The van der Waals surface area contributed by atoms with Gasteiger partial charge in [0.2, 0.25) is 11.8 Å². The fourth-order valence-corrected chi connectivity index (χ4v) is 4.07. The summed E-state index contributed by atoms with van der Waals surface area (Å²) in [6.07, 6.45) is 5.12. The van der Waals surface area contributed by atoms with Gasteiger partial charge in [-0.05, 0) is 69.7 Å². The van der Waals surface area contributed by atoms with Crippen molar-refractivity contribution in [2.45, 2.75) is 84.4 Å². The van der Waals surface area contributed by atoms with Crippen LogP contribution >= 0.6 is 11.8 Å². The van der Waals surface area contributed by atoms with Crippen LogP contribution in [0.3, 0.4) is 0 Å². The van der Waals surface area contributed by atoms with Crippen molar-refractivity contribution in [3.8, 4) is 5.75 Å². The number of ether oxygens (including phenoxy) is 1. The lowest BCUT2D eigenvalue weighted by Gasteiger charge is -2.34. The molecule has 0 aliphatic carbocycles. The van der Waals surface area contributed by atoms with Crippen LogP contribution in [0.5, 0.6) is 5.75 Å². The van der Waals surface area contributed by atoms with E-state index in [0.29, 0.717) is 37.2 Å². The predicted octanol–water partition coefficient (Wildman–Crippen LogP) is 4.62. The van der Waals surface area contributed by atoms with Crippen LogP contribution in [0.25, 0.3) is 0 Å². The Bertz CT molecular complexity index is 812. The van der Waals surface area contributed by atoms with Crippen LogP contribution in [0.15, 0.2) is 24.3 Å². The molecule has 8 nitrogen and oxygen atoms in total. The number of thioether (sulfide) groups is 1. The van der Waals surface area contributed by atoms with Gasteiger partial charge in [0.15, 0.2) is 0 Å². The molecule has 198 valence electrons. The minimum Gasteiger partial charge on any atom is -0.508 e. The Morgan fingerprint density at radius 3 is 2.43 bits per heavy atom. The molecule has 1 aromatic carbocycles. The van der Waals surface area contributed by atoms with E-state index in [2.05, 4.69) is 17.6 Å². The summed E-state index contributed by atoms with van der Waals surface area (Å²) in [4.78, 5) is 41.2. The molecule has 3 N–H and O–H groups in total. The van der Waals surface area contributed by atoms with Crippen LogP contribution in [-0.4, -0.2) is 64.7 Å². The average molecular weight is 510 g/mol. The number of hydrogen-bond donors (Lipinski definition) is 3. The van der Waals surface area contributed by atoms with E-state index in [1.54, 1.807) is 44.7 Å². The number of nitrogens with one attached hydrogen (secondary N) is 2. The molecule has 0 saturated heterocycles. The first-order valence-corrected chi connectivity index (χ1v) is 13.8. The largest absolute Gasteiger partial charge is 0.508 e. The fraction of sp³-hybridized carbons (Fsp3) is 0.654. The smallest absolute Gasteiger partial charge is 0.408 e. The van der Waals surface area contributed by atoms with Gasteiger partial charge in [-0.3, -0.25) is 9.59 Å². The molecule has 0 fully saturated rings. The van der Waals surface area contributed by atoms with Crippen LogP contribution < -0.4 is 10.6 Å². The topological polar surface area (TPSA) is 108 Å². The summed E-state index contributed by atoms with van der Waals surface area (Å²) in [5.74, 6) is -0.00851. The summed E-state index contributed by atoms with van der Waals surface area (Å²) in [6, 6.07) is 4.62. The maximum atomic E-state index is 13.8. The SMILES string of the molecule is CCCCCNC(=O)C(c1cccc(O)c1)N(CCC)C(=O)C(CCSC)NC(=O)OC(C)(C)C. The number of benzene rings is 1. The molecule has 2 unspecified atom stereocenters. The predicted molar refractivity (Wildman–Crippen MR) is 142 cm³/mol. The second kappa shape index (κ2) is 15.5. The summed E-state index contributed by atoms with van der Waals surface area (Å²) in [5, 5.41) is 15.8. The number of aromatic hydroxyl groups is 1. The molecular weight excluding hydrogens is 466 g/mol. The van der Waals surface area contributed by atoms with E-state index in [-0.39, 0.29) is 17.6 Å². The van der Waals surface area contributed by atoms with E-state index in [9.17, 15) is 19.5 Å². The second-order valence-corrected chi connectivity index (χ2v) is 10.5. The van der Waals surface area contributed by atoms with Gasteiger partial charge >= 0.3 is 6.09 Å². The summed E-state index contributed by atoms with van der Waals surface area (Å²) in [6.45, 7) is 10.1. The Morgan fingerprint density at radius 1 is 1.14 bits per heavy atom. The van der Waals surface area contributed by atoms with Gasteiger partial charge in [-0.25, -0.2) is 4.79 Å². The lowest BCUT2D eigenvalue weighted by atomic mass is 10.0. The molecule has 0 aliphatic rings. The number of carbonyl (C=O) groups excluding carboxylic acids is 3. The molecule has 0 aromatic heterocycles. The lowest BCUT2D eigenvalue weighted by molar-refractivity contribution is -0.142. The van der Waals surface area contributed by atoms with Gasteiger partial charge in [0.25, 0.3) is 0 Å². The molecule has 0 heterocycles. The first-order valence-electron chi connectivity index (χ1n) is 12.4. The van der Waals surface area contributed by atoms with Crippen molar-refractivity contribution in [2.75, 3.05) is 25.1 Å². The zero-order chi connectivity index (χ0) is 26.4. The van der Waals surface area contributed by atoms with E-state index < -0.39 is 23.8 Å². The summed E-state index contributed by atoms with van der Waals surface area (Å²) in [7, 11) is 0. The van der Waals surface area contributed by atoms with Gasteiger partial charge in [0, 0.05) is 13.1 Å². The van der Waals surface area contributed by atoms with E-state index in [1.807, 2.05) is 13.2 Å². The average Bonchev–Trinajstić information content (AvgIpc) is 2.77. The summed E-state index contributed by atoms with van der Waals surface area (Å²) >= 11 is 1.57. The number of phenolic OH excluding ortho intramolecular Hbond substituents is 1. The summed E-state index contributed by atoms with van der Waals surface area (Å²) in [5.41, 5.74) is -0.191. The molecule has 0 spiro atoms. The van der Waals surface area contributed by atoms with Crippen molar-refractivity contribution in [2.24, 2.45) is 0 Å². The molecule has 0 saturated carbocycles. The minimum atomic E-state index is -0.937. The zero-order valence-corrected chi connectivity index (χ0v) is 22.9. The highest BCUT2D eigenvalue weighted by atomic mass is 32.2. The molecule has 0 radical (unpaired) electrons. The fourth-order valence-electron chi connectivity index (χ4n) is 3.60. The molecule has 35 heavy (non-hydrogen) atoms. The normalized spacial score (nSPS) is 13.0. The van der Waals surface area contributed by atoms with Crippen LogP contribution in [0.1, 0.15) is 78.3 Å². The number of amides is 3. The van der Waals surface area contributed by atoms with E-state index in [1.165, 1.54) is 17.0 Å². The lowest BCUT2D eigenvalue weighted by Crippen LogP contribution is -2.53. The van der Waals surface area contributed by atoms with Gasteiger partial charge in [0.05, 0.1) is 0 Å². The number of alkyl carbamates (subject to hydrolysis) is 1. The van der Waals surface area contributed by atoms with Gasteiger partial charge in [-0.2, -0.15) is 11.8 Å². The number of rotatable bonds is 14. The molecule has 0 aliphatic heterocycles. The molecule has 9 heteroatoms. The van der Waals surface area contributed by atoms with Crippen molar-refractivity contribution < 1.29 is 24.2 Å². The van der Waals surface area contributed by atoms with Gasteiger partial charge in [0.1, 0.15) is 23.4 Å². The van der Waals surface area contributed by atoms with Crippen LogP contribution in [0.2, 0.25) is 0 Å². The Balaban J connectivity index is 3.31. The number of phenols is 1. The van der Waals surface area contributed by atoms with Crippen LogP contribution in [-0.2, 0) is 14.3 Å². The van der Waals surface area contributed by atoms with Gasteiger partial charge in [-0.15, -0.1) is 0 Å². The van der Waals surface area contributed by atoms with Crippen molar-refractivity contribution in [3.05, 3.63) is 29.8 Å². The number of hydrogen-bond acceptors (Lipinski definition) is 6. The molecule has 2 atom stereocenters. The highest BCUT2D eigenvalue weighted by Gasteiger charge is 2.35. The van der Waals surface area contributed by atoms with Crippen LogP contribution in [0, 0.1) is 0 Å². The third kappa shape index (κ3) is 11.2. The first-order chi connectivity index (χ1) is 16.5.